The molecule has 0 unspecified atom stereocenters. The molecule has 3 aliphatic rings. The number of aliphatic imine (C=N–C) groups is 1. The molecule has 2 aliphatic heterocycles. The quantitative estimate of drug-likeness (QED) is 0.0185. The second kappa shape index (κ2) is 42.0. The molecule has 3 heterocycles. The lowest BCUT2D eigenvalue weighted by atomic mass is 9.95. The van der Waals surface area contributed by atoms with Gasteiger partial charge in [0.1, 0.15) is 66.2 Å². The molecule has 3 aromatic carbocycles. The van der Waals surface area contributed by atoms with Crippen LogP contribution in [0.25, 0.3) is 10.9 Å². The number of fused-ring (bicyclic) bond motifs is 1. The molecule has 12 amide bonds. The number of hydrogen-bond donors (Lipinski definition) is 18. The van der Waals surface area contributed by atoms with Crippen molar-refractivity contribution in [2.45, 2.75) is 183 Å². The van der Waals surface area contributed by atoms with Gasteiger partial charge >= 0.3 is 11.9 Å². The maximum atomic E-state index is 15.3. The van der Waals surface area contributed by atoms with Gasteiger partial charge in [0.15, 0.2) is 5.96 Å². The highest BCUT2D eigenvalue weighted by atomic mass is 35.5. The Morgan fingerprint density at radius 1 is 0.667 bits per heavy atom. The van der Waals surface area contributed by atoms with Gasteiger partial charge in [-0.25, -0.2) is 0 Å². The van der Waals surface area contributed by atoms with Crippen LogP contribution in [0.4, 0.5) is 0 Å². The largest absolute Gasteiger partial charge is 0.508 e. The molecule has 1 saturated carbocycles. The number of guanidine groups is 1. The van der Waals surface area contributed by atoms with Crippen LogP contribution in [0.1, 0.15) is 114 Å². The van der Waals surface area contributed by atoms with E-state index < -0.39 is 199 Å². The van der Waals surface area contributed by atoms with Gasteiger partial charge in [0.05, 0.1) is 10.0 Å². The molecule has 0 spiro atoms. The highest BCUT2D eigenvalue weighted by molar-refractivity contribution is 8.76. The number of likely N-dealkylation sites (tertiary alicyclic amines) is 1. The summed E-state index contributed by atoms with van der Waals surface area (Å²) in [7, 11) is 1.71. The number of aromatic hydroxyl groups is 1. The summed E-state index contributed by atoms with van der Waals surface area (Å²) < 4.78 is 0. The Hall–Kier alpha value is -9.91. The molecule has 108 heavy (non-hydrogen) atoms. The summed E-state index contributed by atoms with van der Waals surface area (Å²) in [5.41, 5.74) is 24.8. The number of H-pyrrole nitrogens is 1. The van der Waals surface area contributed by atoms with E-state index in [2.05, 4.69) is 63.1 Å². The van der Waals surface area contributed by atoms with Crippen LogP contribution in [0.5, 0.6) is 5.75 Å². The van der Waals surface area contributed by atoms with Gasteiger partial charge in [-0.05, 0) is 105 Å². The highest BCUT2D eigenvalue weighted by Crippen LogP contribution is 2.31. The number of rotatable bonds is 24. The van der Waals surface area contributed by atoms with E-state index in [4.69, 9.17) is 46.1 Å². The number of carbonyl (C=O) groups excluding carboxylic acids is 12. The van der Waals surface area contributed by atoms with Crippen LogP contribution >= 0.6 is 44.8 Å². The van der Waals surface area contributed by atoms with Crippen LogP contribution in [0.2, 0.25) is 10.0 Å². The Labute approximate surface area is 639 Å². The Morgan fingerprint density at radius 2 is 1.27 bits per heavy atom. The zero-order valence-electron chi connectivity index (χ0n) is 59.2. The number of aromatic nitrogens is 1. The van der Waals surface area contributed by atoms with Gasteiger partial charge in [-0.2, -0.15) is 0 Å². The zero-order valence-corrected chi connectivity index (χ0v) is 62.4. The number of phenolic OH excluding ortho intramolecular Hbond substituents is 1. The average molecular weight is 1580 g/mol. The number of phenols is 1. The van der Waals surface area contributed by atoms with Gasteiger partial charge in [0.25, 0.3) is 0 Å². The Balaban J connectivity index is 1.29. The third-order valence-corrected chi connectivity index (χ3v) is 21.6. The molecule has 1 aromatic heterocycles. The molecule has 0 bridgehead atoms. The third-order valence-electron chi connectivity index (χ3n) is 18.3. The number of nitrogens with two attached hydrogens (primary N) is 4. The molecule has 7 rings (SSSR count). The predicted octanol–water partition coefficient (Wildman–Crippen LogP) is -0.340. The minimum Gasteiger partial charge on any atom is -0.508 e. The highest BCUT2D eigenvalue weighted by Gasteiger charge is 2.41. The second-order valence-corrected chi connectivity index (χ2v) is 30.0. The van der Waals surface area contributed by atoms with E-state index in [1.54, 1.807) is 43.5 Å². The molecule has 2 saturated heterocycles. The number of para-hydroxylation sites is 1. The van der Waals surface area contributed by atoms with Gasteiger partial charge in [0, 0.05) is 99.2 Å². The number of aromatic amines is 1. The molecule has 586 valence electrons. The lowest BCUT2D eigenvalue weighted by Crippen LogP contribution is -2.61. The maximum absolute atomic E-state index is 15.3. The van der Waals surface area contributed by atoms with Crippen molar-refractivity contribution in [3.05, 3.63) is 99.7 Å². The van der Waals surface area contributed by atoms with Gasteiger partial charge in [-0.15, -0.1) is 0 Å². The van der Waals surface area contributed by atoms with E-state index >= 15 is 19.2 Å². The van der Waals surface area contributed by atoms with E-state index in [-0.39, 0.29) is 91.3 Å². The summed E-state index contributed by atoms with van der Waals surface area (Å²) >= 11 is 13.2. The topological polar surface area (TPSA) is 555 Å². The standard InChI is InChI=1S/C70H93Cl2N17O17S2/c1-36(73)29-55(92)89-28-8-16-53(89)68(105)84-48(30-37-17-19-41(90)20-18-37)64(101)87-52-35-108-107-34-51(60(74)97)86-63(100)47(22-24-57(95)96)82-66(103)50(32-40-33-79-44-14-5-4-12-42(40)44)83-62(99)46(21-23-56(93)94)80-54(91)25-27-77-61(98)45(15-7-26-78-70(75)76)81-65(102)49(31-39-11-6-13-43(71)58(39)72)85-69(106)59(88-67(52)104)38-9-2-3-10-38/h4-6,11-14,17-20,33,36,38,45-53,59,79,90H,2-3,7-10,15-16,21-32,34-35,73H2,1H3,(H2,74,97)(H,77,98)(H,80,91)(H,81,102)(H,82,103)(H,83,99)(H,84,105)(H,85,106)(H,86,100)(H,87,101)(H,88,104)(H,93,94)(H,95,96)(H4,75,76,78)/t36-,45+,46+,47+,48+,49+,50+,51-,52+,53+,59+/m1/s1. The van der Waals surface area contributed by atoms with Crippen molar-refractivity contribution in [3.63, 3.8) is 0 Å². The number of carboxylic acids is 2. The summed E-state index contributed by atoms with van der Waals surface area (Å²) in [5.74, 6) is -15.7. The number of halogens is 2. The van der Waals surface area contributed by atoms with Crippen LogP contribution in [0, 0.1) is 5.92 Å². The fourth-order valence-electron chi connectivity index (χ4n) is 12.7. The summed E-state index contributed by atoms with van der Waals surface area (Å²) in [6, 6.07) is 1.20. The van der Waals surface area contributed by atoms with Crippen LogP contribution in [0.15, 0.2) is 77.9 Å². The molecular formula is C70H93Cl2N17O17S2. The number of carboxylic acid groups (broad SMARTS) is 2. The number of primary amides is 1. The Kier molecular flexibility index (Phi) is 33.2. The fourth-order valence-corrected chi connectivity index (χ4v) is 15.4. The predicted molar refractivity (Wildman–Crippen MR) is 402 cm³/mol. The van der Waals surface area contributed by atoms with Crippen LogP contribution in [-0.2, 0) is 86.4 Å². The van der Waals surface area contributed by atoms with E-state index in [0.29, 0.717) is 54.1 Å². The van der Waals surface area contributed by atoms with Crippen molar-refractivity contribution in [2.24, 2.45) is 33.8 Å². The van der Waals surface area contributed by atoms with E-state index in [1.165, 1.54) is 41.3 Å². The number of nitrogens with zero attached hydrogens (tertiary/aromatic N) is 2. The number of amides is 12. The van der Waals surface area contributed by atoms with Gasteiger partial charge in [-0.1, -0.05) is 100 Å². The monoisotopic (exact) mass is 1580 g/mol. The summed E-state index contributed by atoms with van der Waals surface area (Å²) in [4.78, 5) is 206. The van der Waals surface area contributed by atoms with Crippen LogP contribution < -0.4 is 76.1 Å². The first kappa shape index (κ1) is 85.3. The zero-order chi connectivity index (χ0) is 78.7. The normalized spacial score (nSPS) is 23.0. The summed E-state index contributed by atoms with van der Waals surface area (Å²) in [6.07, 6.45) is -0.0361. The number of carbonyl (C=O) groups is 14. The van der Waals surface area contributed by atoms with E-state index in [1.807, 2.05) is 0 Å². The first-order valence-electron chi connectivity index (χ1n) is 35.3. The molecule has 1 aliphatic carbocycles. The van der Waals surface area contributed by atoms with Gasteiger partial charge in [0.2, 0.25) is 70.9 Å². The Bertz CT molecular complexity index is 3940. The van der Waals surface area contributed by atoms with Crippen LogP contribution in [0.3, 0.4) is 0 Å². The smallest absolute Gasteiger partial charge is 0.303 e. The van der Waals surface area contributed by atoms with E-state index in [0.717, 1.165) is 21.6 Å². The number of hydrogen-bond acceptors (Lipinski definition) is 19. The van der Waals surface area contributed by atoms with Crippen molar-refractivity contribution >= 4 is 144 Å². The molecular weight excluding hydrogens is 1490 g/mol. The van der Waals surface area contributed by atoms with Crippen molar-refractivity contribution < 1.29 is 82.4 Å². The van der Waals surface area contributed by atoms with Gasteiger partial charge < -0.3 is 101 Å². The number of aliphatic carboxylic acids is 2. The molecule has 4 aromatic rings. The first-order valence-corrected chi connectivity index (χ1v) is 38.5. The Morgan fingerprint density at radius 3 is 1.92 bits per heavy atom. The maximum Gasteiger partial charge on any atom is 0.303 e. The number of benzene rings is 3. The first-order chi connectivity index (χ1) is 51.4. The van der Waals surface area contributed by atoms with Crippen molar-refractivity contribution in [2.75, 3.05) is 31.1 Å². The van der Waals surface area contributed by atoms with E-state index in [9.17, 15) is 63.3 Å². The lowest BCUT2D eigenvalue weighted by Gasteiger charge is -2.30. The minimum atomic E-state index is -1.76. The number of nitrogens with one attached hydrogen (secondary N) is 11. The molecule has 38 heteroatoms. The van der Waals surface area contributed by atoms with Crippen molar-refractivity contribution in [1.29, 1.82) is 0 Å². The molecule has 3 fully saturated rings. The third kappa shape index (κ3) is 26.5. The summed E-state index contributed by atoms with van der Waals surface area (Å²) in [6.45, 7) is 1.36. The average Bonchev–Trinajstić information content (AvgIpc) is 1.56. The van der Waals surface area contributed by atoms with Crippen molar-refractivity contribution in [3.8, 4) is 5.75 Å². The van der Waals surface area contributed by atoms with Crippen molar-refractivity contribution in [1.82, 2.24) is 63.1 Å². The lowest BCUT2D eigenvalue weighted by molar-refractivity contribution is -0.140. The van der Waals surface area contributed by atoms with Gasteiger partial charge in [-0.3, -0.25) is 72.1 Å². The fraction of sp³-hybridized carbons (Fsp3) is 0.500. The van der Waals surface area contributed by atoms with Crippen LogP contribution in [-0.4, -0.2) is 212 Å². The molecule has 0 radical (unpaired) electrons. The molecule has 22 N–H and O–H groups in total. The molecule has 11 atom stereocenters. The SMILES string of the molecule is C[C@@H](N)CC(=O)N1CCC[C@H]1C(=O)N[C@@H](Cc1ccc(O)cc1)C(=O)N[C@H]1CSSC[C@H](C(N)=O)NC(=O)[C@H](CCC(=O)O)NC(=O)[C@H](Cc2c[nH]c3ccccc23)NC(=O)[C@H](CCC(=O)O)NC(=O)CCNC(=O)[C@H](CCCN=C(N)N)NC(=O)[C@H](Cc2cccc(Cl)c2Cl)NC(=O)[C@H](C2CCCC2)NC1=O. The minimum absolute atomic E-state index is 0.00641. The second-order valence-electron chi connectivity index (χ2n) is 26.7. The molecule has 34 nitrogen and oxygen atoms in total. The summed E-state index contributed by atoms with van der Waals surface area (Å²) in [5, 5.41) is 56.8.